The zero-order chi connectivity index (χ0) is 13.1. The fraction of sp³-hybridized carbons (Fsp3) is 0.333. The summed E-state index contributed by atoms with van der Waals surface area (Å²) in [6.45, 7) is -1.26. The van der Waals surface area contributed by atoms with Crippen LogP contribution in [0.2, 0.25) is 0 Å². The molecule has 8 heteroatoms. The predicted molar refractivity (Wildman–Crippen MR) is 46.7 cm³/mol. The molecule has 1 aromatic rings. The normalized spacial score (nSPS) is 11.0. The molecule has 0 bridgehead atoms. The van der Waals surface area contributed by atoms with Crippen LogP contribution in [0, 0.1) is 11.3 Å². The average Bonchev–Trinajstić information content (AvgIpc) is 2.21. The highest BCUT2D eigenvalue weighted by atomic mass is 19.4. The van der Waals surface area contributed by atoms with Crippen LogP contribution in [-0.4, -0.2) is 16.5 Å². The monoisotopic (exact) mass is 250 g/mol. The van der Waals surface area contributed by atoms with Gasteiger partial charge in [0.25, 0.3) is 0 Å². The summed E-state index contributed by atoms with van der Waals surface area (Å²) in [5, 5.41) is 17.6. The minimum Gasteiger partial charge on any atom is -0.503 e. The Balaban J connectivity index is 3.19. The van der Waals surface area contributed by atoms with Crippen LogP contribution in [0.3, 0.4) is 0 Å². The zero-order valence-electron chi connectivity index (χ0n) is 8.25. The number of hydrogen-bond acceptors (Lipinski definition) is 4. The molecular weight excluding hydrogens is 244 g/mol. The summed E-state index contributed by atoms with van der Waals surface area (Å²) in [6.07, 6.45) is -5.34. The van der Waals surface area contributed by atoms with Crippen molar-refractivity contribution in [3.8, 4) is 17.6 Å². The van der Waals surface area contributed by atoms with Crippen LogP contribution in [0.4, 0.5) is 17.6 Å². The molecule has 4 nitrogen and oxygen atoms in total. The van der Waals surface area contributed by atoms with Crippen LogP contribution in [-0.2, 0) is 13.1 Å². The van der Waals surface area contributed by atoms with Gasteiger partial charge in [-0.2, -0.15) is 5.26 Å². The number of pyridine rings is 1. The number of hydrogen-bond donors (Lipinski definition) is 1. The average molecular weight is 250 g/mol. The summed E-state index contributed by atoms with van der Waals surface area (Å²) in [5.41, 5.74) is -0.714. The van der Waals surface area contributed by atoms with Gasteiger partial charge in [-0.3, -0.25) is 0 Å². The summed E-state index contributed by atoms with van der Waals surface area (Å²) in [4.78, 5) is 3.48. The molecule has 0 atom stereocenters. The summed E-state index contributed by atoms with van der Waals surface area (Å²) in [6, 6.07) is 2.38. The molecule has 1 rings (SSSR count). The second-order valence-corrected chi connectivity index (χ2v) is 2.92. The van der Waals surface area contributed by atoms with Crippen LogP contribution in [0.15, 0.2) is 6.07 Å². The molecule has 1 N–H and O–H groups in total. The molecule has 17 heavy (non-hydrogen) atoms. The molecule has 0 aliphatic rings. The first kappa shape index (κ1) is 13.0. The quantitative estimate of drug-likeness (QED) is 0.835. The number of rotatable bonds is 3. The van der Waals surface area contributed by atoms with Crippen LogP contribution >= 0.6 is 0 Å². The fourth-order valence-electron chi connectivity index (χ4n) is 1.09. The van der Waals surface area contributed by atoms with E-state index in [1.54, 1.807) is 6.07 Å². The molecule has 0 unspecified atom stereocenters. The molecule has 0 fully saturated rings. The largest absolute Gasteiger partial charge is 0.573 e. The highest BCUT2D eigenvalue weighted by Gasteiger charge is 2.33. The van der Waals surface area contributed by atoms with Gasteiger partial charge in [0, 0.05) is 6.07 Å². The van der Waals surface area contributed by atoms with Crippen LogP contribution in [0.1, 0.15) is 11.4 Å². The van der Waals surface area contributed by atoms with Gasteiger partial charge in [0.05, 0.1) is 18.2 Å². The maximum atomic E-state index is 12.4. The lowest BCUT2D eigenvalue weighted by atomic mass is 10.2. The SMILES string of the molecule is N#CCc1cc(OC(F)(F)F)c(O)c(CF)n1. The van der Waals surface area contributed by atoms with E-state index in [-0.39, 0.29) is 12.1 Å². The van der Waals surface area contributed by atoms with Gasteiger partial charge < -0.3 is 9.84 Å². The van der Waals surface area contributed by atoms with Crippen molar-refractivity contribution in [2.75, 3.05) is 0 Å². The molecule has 0 saturated heterocycles. The number of nitriles is 1. The molecule has 0 saturated carbocycles. The van der Waals surface area contributed by atoms with Crippen molar-refractivity contribution in [3.05, 3.63) is 17.5 Å². The Morgan fingerprint density at radius 3 is 2.59 bits per heavy atom. The van der Waals surface area contributed by atoms with E-state index in [1.165, 1.54) is 0 Å². The third-order valence-corrected chi connectivity index (χ3v) is 1.70. The third kappa shape index (κ3) is 3.48. The lowest BCUT2D eigenvalue weighted by molar-refractivity contribution is -0.275. The standard InChI is InChI=1S/C9H6F4N2O2/c10-4-6-8(16)7(17-9(11,12)13)3-5(15-6)1-2-14/h3,16H,1,4H2. The van der Waals surface area contributed by atoms with E-state index in [4.69, 9.17) is 5.26 Å². The van der Waals surface area contributed by atoms with Crippen molar-refractivity contribution in [3.63, 3.8) is 0 Å². The molecule has 0 spiro atoms. The molecule has 92 valence electrons. The Kier molecular flexibility index (Phi) is 3.73. The second kappa shape index (κ2) is 4.86. The van der Waals surface area contributed by atoms with Gasteiger partial charge >= 0.3 is 6.36 Å². The molecule has 1 aromatic heterocycles. The first-order valence-electron chi connectivity index (χ1n) is 4.27. The highest BCUT2D eigenvalue weighted by Crippen LogP contribution is 2.34. The lowest BCUT2D eigenvalue weighted by Crippen LogP contribution is -2.17. The van der Waals surface area contributed by atoms with Crippen molar-refractivity contribution >= 4 is 0 Å². The van der Waals surface area contributed by atoms with Crippen LogP contribution < -0.4 is 4.74 Å². The Labute approximate surface area is 93.1 Å². The van der Waals surface area contributed by atoms with E-state index in [0.29, 0.717) is 0 Å². The lowest BCUT2D eigenvalue weighted by Gasteiger charge is -2.12. The van der Waals surface area contributed by atoms with Crippen molar-refractivity contribution < 1.29 is 27.4 Å². The topological polar surface area (TPSA) is 66.1 Å². The van der Waals surface area contributed by atoms with Crippen LogP contribution in [0.5, 0.6) is 11.5 Å². The van der Waals surface area contributed by atoms with Gasteiger partial charge in [0.15, 0.2) is 11.5 Å². The Bertz CT molecular complexity index is 454. The predicted octanol–water partition coefficient (Wildman–Crippen LogP) is 2.22. The molecule has 0 aromatic carbocycles. The van der Waals surface area contributed by atoms with E-state index >= 15 is 0 Å². The first-order chi connectivity index (χ1) is 7.87. The zero-order valence-corrected chi connectivity index (χ0v) is 8.25. The van der Waals surface area contributed by atoms with Gasteiger partial charge in [-0.05, 0) is 0 Å². The van der Waals surface area contributed by atoms with Crippen molar-refractivity contribution in [2.24, 2.45) is 0 Å². The van der Waals surface area contributed by atoms with E-state index in [9.17, 15) is 22.7 Å². The van der Waals surface area contributed by atoms with E-state index in [2.05, 4.69) is 9.72 Å². The van der Waals surface area contributed by atoms with E-state index in [0.717, 1.165) is 6.07 Å². The third-order valence-electron chi connectivity index (χ3n) is 1.70. The molecular formula is C9H6F4N2O2. The summed E-state index contributed by atoms with van der Waals surface area (Å²) in [7, 11) is 0. The van der Waals surface area contributed by atoms with Gasteiger partial charge in [-0.15, -0.1) is 13.2 Å². The van der Waals surface area contributed by atoms with Crippen molar-refractivity contribution in [2.45, 2.75) is 19.5 Å². The second-order valence-electron chi connectivity index (χ2n) is 2.92. The Morgan fingerprint density at radius 1 is 1.47 bits per heavy atom. The van der Waals surface area contributed by atoms with Gasteiger partial charge in [0.2, 0.25) is 0 Å². The number of alkyl halides is 4. The maximum Gasteiger partial charge on any atom is 0.573 e. The number of nitrogens with zero attached hydrogens (tertiary/aromatic N) is 2. The fourth-order valence-corrected chi connectivity index (χ4v) is 1.09. The molecule has 1 heterocycles. The number of halogens is 4. The molecule has 0 radical (unpaired) electrons. The summed E-state index contributed by atoms with van der Waals surface area (Å²) in [5.74, 6) is -1.99. The Hall–Kier alpha value is -2.04. The van der Waals surface area contributed by atoms with Gasteiger partial charge in [-0.1, -0.05) is 0 Å². The highest BCUT2D eigenvalue weighted by molar-refractivity contribution is 5.43. The molecule has 0 amide bonds. The number of aromatic hydroxyl groups is 1. The minimum absolute atomic E-state index is 0.114. The van der Waals surface area contributed by atoms with Crippen molar-refractivity contribution in [1.82, 2.24) is 4.98 Å². The van der Waals surface area contributed by atoms with Crippen molar-refractivity contribution in [1.29, 1.82) is 5.26 Å². The van der Waals surface area contributed by atoms with Gasteiger partial charge in [-0.25, -0.2) is 9.37 Å². The van der Waals surface area contributed by atoms with E-state index in [1.807, 2.05) is 0 Å². The maximum absolute atomic E-state index is 12.4. The minimum atomic E-state index is -5.02. The Morgan fingerprint density at radius 2 is 2.12 bits per heavy atom. The number of aromatic nitrogens is 1. The summed E-state index contributed by atoms with van der Waals surface area (Å²) >= 11 is 0. The van der Waals surface area contributed by atoms with Gasteiger partial charge in [0.1, 0.15) is 12.4 Å². The summed E-state index contributed by atoms with van der Waals surface area (Å²) < 4.78 is 51.8. The smallest absolute Gasteiger partial charge is 0.503 e. The van der Waals surface area contributed by atoms with Crippen LogP contribution in [0.25, 0.3) is 0 Å². The molecule has 0 aliphatic heterocycles. The number of ether oxygens (including phenoxy) is 1. The first-order valence-corrected chi connectivity index (χ1v) is 4.27. The van der Waals surface area contributed by atoms with E-state index < -0.39 is 30.2 Å². The molecule has 0 aliphatic carbocycles.